The highest BCUT2D eigenvalue weighted by atomic mass is 19.4. The molecule has 0 radical (unpaired) electrons. The third kappa shape index (κ3) is 5.97. The Balaban J connectivity index is 1.79. The Morgan fingerprint density at radius 3 is 2.33 bits per heavy atom. The van der Waals surface area contributed by atoms with Gasteiger partial charge in [-0.25, -0.2) is 0 Å². The standard InChI is InChI=1S/C21H25F3N2O/c22-21(23,24)11-10-19(26-14-12-25-13-15-26)18-8-4-5-9-20(18)27-16-17-6-2-1-3-7-17/h1-9,19,25H,10-16H2/t19-/m0/s1. The van der Waals surface area contributed by atoms with Crippen LogP contribution in [-0.4, -0.2) is 37.3 Å². The van der Waals surface area contributed by atoms with E-state index in [1.807, 2.05) is 54.6 Å². The molecule has 1 atom stereocenters. The highest BCUT2D eigenvalue weighted by Gasteiger charge is 2.32. The van der Waals surface area contributed by atoms with Crippen LogP contribution in [0.3, 0.4) is 0 Å². The fraction of sp³-hybridized carbons (Fsp3) is 0.429. The zero-order valence-electron chi connectivity index (χ0n) is 15.2. The summed E-state index contributed by atoms with van der Waals surface area (Å²) >= 11 is 0. The molecule has 2 aromatic carbocycles. The van der Waals surface area contributed by atoms with Crippen molar-refractivity contribution >= 4 is 0 Å². The lowest BCUT2D eigenvalue weighted by molar-refractivity contribution is -0.138. The highest BCUT2D eigenvalue weighted by Crippen LogP contribution is 2.36. The second kappa shape index (κ2) is 9.24. The van der Waals surface area contributed by atoms with Crippen molar-refractivity contribution in [3.63, 3.8) is 0 Å². The smallest absolute Gasteiger partial charge is 0.389 e. The summed E-state index contributed by atoms with van der Waals surface area (Å²) in [7, 11) is 0. The molecule has 0 spiro atoms. The normalized spacial score (nSPS) is 16.9. The van der Waals surface area contributed by atoms with Crippen molar-refractivity contribution in [1.29, 1.82) is 0 Å². The lowest BCUT2D eigenvalue weighted by Gasteiger charge is -2.36. The molecule has 1 aliphatic heterocycles. The summed E-state index contributed by atoms with van der Waals surface area (Å²) in [6.45, 7) is 3.43. The summed E-state index contributed by atoms with van der Waals surface area (Å²) in [6, 6.07) is 16.9. The predicted octanol–water partition coefficient (Wildman–Crippen LogP) is 4.55. The van der Waals surface area contributed by atoms with E-state index in [1.54, 1.807) is 0 Å². The van der Waals surface area contributed by atoms with Gasteiger partial charge in [-0.2, -0.15) is 13.2 Å². The first-order valence-electron chi connectivity index (χ1n) is 9.30. The topological polar surface area (TPSA) is 24.5 Å². The lowest BCUT2D eigenvalue weighted by atomic mass is 9.98. The number of ether oxygens (including phenoxy) is 1. The molecule has 3 nitrogen and oxygen atoms in total. The Morgan fingerprint density at radius 2 is 1.63 bits per heavy atom. The number of benzene rings is 2. The molecule has 0 bridgehead atoms. The van der Waals surface area contributed by atoms with Crippen molar-refractivity contribution in [2.45, 2.75) is 31.7 Å². The molecule has 0 amide bonds. The van der Waals surface area contributed by atoms with Crippen molar-refractivity contribution < 1.29 is 17.9 Å². The van der Waals surface area contributed by atoms with E-state index in [1.165, 1.54) is 0 Å². The van der Waals surface area contributed by atoms with Gasteiger partial charge < -0.3 is 10.1 Å². The SMILES string of the molecule is FC(F)(F)CC[C@@H](c1ccccc1OCc1ccccc1)N1CCNCC1. The van der Waals surface area contributed by atoms with Crippen LogP contribution >= 0.6 is 0 Å². The van der Waals surface area contributed by atoms with E-state index in [4.69, 9.17) is 4.74 Å². The molecule has 6 heteroatoms. The number of hydrogen-bond donors (Lipinski definition) is 1. The molecule has 1 fully saturated rings. The van der Waals surface area contributed by atoms with Gasteiger partial charge in [-0.1, -0.05) is 48.5 Å². The molecule has 2 aromatic rings. The number of alkyl halides is 3. The summed E-state index contributed by atoms with van der Waals surface area (Å²) in [5.74, 6) is 0.659. The van der Waals surface area contributed by atoms with E-state index in [0.717, 1.165) is 37.3 Å². The molecule has 0 aliphatic carbocycles. The summed E-state index contributed by atoms with van der Waals surface area (Å²) in [5.41, 5.74) is 1.86. The monoisotopic (exact) mass is 378 g/mol. The molecule has 3 rings (SSSR count). The number of nitrogens with zero attached hydrogens (tertiary/aromatic N) is 1. The first-order chi connectivity index (χ1) is 13.0. The van der Waals surface area contributed by atoms with E-state index in [2.05, 4.69) is 10.2 Å². The molecule has 0 saturated carbocycles. The summed E-state index contributed by atoms with van der Waals surface area (Å²) < 4.78 is 44.7. The first kappa shape index (κ1) is 19.7. The molecule has 1 N–H and O–H groups in total. The van der Waals surface area contributed by atoms with Gasteiger partial charge in [0.15, 0.2) is 0 Å². The molecule has 0 aromatic heterocycles. The van der Waals surface area contributed by atoms with Gasteiger partial charge in [0.1, 0.15) is 12.4 Å². The highest BCUT2D eigenvalue weighted by molar-refractivity contribution is 5.36. The maximum Gasteiger partial charge on any atom is 0.389 e. The van der Waals surface area contributed by atoms with Gasteiger partial charge in [-0.15, -0.1) is 0 Å². The number of para-hydroxylation sites is 1. The fourth-order valence-electron chi connectivity index (χ4n) is 3.45. The van der Waals surface area contributed by atoms with E-state index in [-0.39, 0.29) is 12.5 Å². The van der Waals surface area contributed by atoms with Crippen LogP contribution < -0.4 is 10.1 Å². The lowest BCUT2D eigenvalue weighted by Crippen LogP contribution is -2.45. The maximum atomic E-state index is 12.9. The van der Waals surface area contributed by atoms with Crippen molar-refractivity contribution in [2.24, 2.45) is 0 Å². The Morgan fingerprint density at radius 1 is 0.963 bits per heavy atom. The average molecular weight is 378 g/mol. The average Bonchev–Trinajstić information content (AvgIpc) is 2.68. The van der Waals surface area contributed by atoms with Crippen LogP contribution in [0.2, 0.25) is 0 Å². The largest absolute Gasteiger partial charge is 0.489 e. The fourth-order valence-corrected chi connectivity index (χ4v) is 3.45. The molecule has 1 saturated heterocycles. The van der Waals surface area contributed by atoms with Gasteiger partial charge in [-0.05, 0) is 18.1 Å². The van der Waals surface area contributed by atoms with Gasteiger partial charge in [-0.3, -0.25) is 4.90 Å². The molecule has 1 heterocycles. The third-order valence-electron chi connectivity index (χ3n) is 4.81. The minimum absolute atomic E-state index is 0.0369. The molecular formula is C21H25F3N2O. The maximum absolute atomic E-state index is 12.9. The van der Waals surface area contributed by atoms with Gasteiger partial charge in [0.25, 0.3) is 0 Å². The number of rotatable bonds is 7. The van der Waals surface area contributed by atoms with Gasteiger partial charge >= 0.3 is 6.18 Å². The van der Waals surface area contributed by atoms with Crippen LogP contribution in [0.1, 0.15) is 30.0 Å². The molecule has 1 aliphatic rings. The Kier molecular flexibility index (Phi) is 6.74. The third-order valence-corrected chi connectivity index (χ3v) is 4.81. The minimum atomic E-state index is -4.16. The van der Waals surface area contributed by atoms with Crippen LogP contribution in [0, 0.1) is 0 Å². The summed E-state index contributed by atoms with van der Waals surface area (Å²) in [4.78, 5) is 2.13. The van der Waals surface area contributed by atoms with E-state index in [9.17, 15) is 13.2 Å². The molecule has 146 valence electrons. The zero-order chi connectivity index (χ0) is 19.1. The van der Waals surface area contributed by atoms with Crippen LogP contribution in [0.4, 0.5) is 13.2 Å². The van der Waals surface area contributed by atoms with E-state index >= 15 is 0 Å². The van der Waals surface area contributed by atoms with Crippen LogP contribution in [0.5, 0.6) is 5.75 Å². The molecule has 27 heavy (non-hydrogen) atoms. The Labute approximate surface area is 158 Å². The second-order valence-electron chi connectivity index (χ2n) is 6.77. The number of hydrogen-bond acceptors (Lipinski definition) is 3. The van der Waals surface area contributed by atoms with Gasteiger partial charge in [0.2, 0.25) is 0 Å². The molecule has 0 unspecified atom stereocenters. The van der Waals surface area contributed by atoms with Crippen LogP contribution in [0.25, 0.3) is 0 Å². The van der Waals surface area contributed by atoms with Crippen LogP contribution in [0.15, 0.2) is 54.6 Å². The van der Waals surface area contributed by atoms with Crippen molar-refractivity contribution in [3.05, 3.63) is 65.7 Å². The van der Waals surface area contributed by atoms with Crippen molar-refractivity contribution in [3.8, 4) is 5.75 Å². The van der Waals surface area contributed by atoms with Crippen molar-refractivity contribution in [2.75, 3.05) is 26.2 Å². The summed E-state index contributed by atoms with van der Waals surface area (Å²) in [6.07, 6.45) is -4.92. The number of nitrogens with one attached hydrogen (secondary N) is 1. The number of piperazine rings is 1. The van der Waals surface area contributed by atoms with Crippen LogP contribution in [-0.2, 0) is 6.61 Å². The first-order valence-corrected chi connectivity index (χ1v) is 9.30. The Bertz CT molecular complexity index is 700. The van der Waals surface area contributed by atoms with Gasteiger partial charge in [0, 0.05) is 44.2 Å². The quantitative estimate of drug-likeness (QED) is 0.765. The van der Waals surface area contributed by atoms with Gasteiger partial charge in [0.05, 0.1) is 0 Å². The van der Waals surface area contributed by atoms with E-state index < -0.39 is 12.6 Å². The number of halogens is 3. The minimum Gasteiger partial charge on any atom is -0.489 e. The second-order valence-corrected chi connectivity index (χ2v) is 6.77. The molecular weight excluding hydrogens is 353 g/mol. The van der Waals surface area contributed by atoms with Crippen molar-refractivity contribution in [1.82, 2.24) is 10.2 Å². The Hall–Kier alpha value is -2.05. The zero-order valence-corrected chi connectivity index (χ0v) is 15.2. The summed E-state index contributed by atoms with van der Waals surface area (Å²) in [5, 5.41) is 3.26. The predicted molar refractivity (Wildman–Crippen MR) is 99.7 cm³/mol. The van der Waals surface area contributed by atoms with E-state index in [0.29, 0.717) is 12.4 Å².